The molecule has 1 unspecified atom stereocenters. The second-order valence-electron chi connectivity index (χ2n) is 6.30. The van der Waals surface area contributed by atoms with Crippen LogP contribution in [0.1, 0.15) is 51.0 Å². The maximum absolute atomic E-state index is 11.6. The van der Waals surface area contributed by atoms with Crippen molar-refractivity contribution in [3.8, 4) is 0 Å². The second kappa shape index (κ2) is 8.67. The van der Waals surface area contributed by atoms with E-state index in [2.05, 4.69) is 12.2 Å². The lowest BCUT2D eigenvalue weighted by molar-refractivity contribution is -0.944. The molecule has 126 valence electrons. The molecule has 5 heteroatoms. The Morgan fingerprint density at radius 3 is 2.61 bits per heavy atom. The fourth-order valence-electron chi connectivity index (χ4n) is 3.28. The fourth-order valence-corrected chi connectivity index (χ4v) is 3.28. The molecule has 0 saturated carbocycles. The highest BCUT2D eigenvalue weighted by Gasteiger charge is 2.24. The van der Waals surface area contributed by atoms with Crippen molar-refractivity contribution < 1.29 is 19.6 Å². The summed E-state index contributed by atoms with van der Waals surface area (Å²) in [5.74, 6) is -1.50. The monoisotopic (exact) mass is 318 g/mol. The number of aliphatic carboxylic acids is 1. The van der Waals surface area contributed by atoms with E-state index in [0.29, 0.717) is 5.69 Å². The number of benzene rings is 1. The van der Waals surface area contributed by atoms with Gasteiger partial charge in [0.2, 0.25) is 5.91 Å². The molecule has 1 aromatic carbocycles. The van der Waals surface area contributed by atoms with E-state index in [1.807, 2.05) is 24.3 Å². The summed E-state index contributed by atoms with van der Waals surface area (Å²) >= 11 is 0. The second-order valence-corrected chi connectivity index (χ2v) is 6.30. The van der Waals surface area contributed by atoms with Crippen molar-refractivity contribution in [1.82, 2.24) is 0 Å². The average molecular weight is 318 g/mol. The molecule has 5 nitrogen and oxygen atoms in total. The van der Waals surface area contributed by atoms with Gasteiger partial charge in [0.1, 0.15) is 6.54 Å². The summed E-state index contributed by atoms with van der Waals surface area (Å²) in [5.41, 5.74) is 1.98. The summed E-state index contributed by atoms with van der Waals surface area (Å²) in [6.45, 7) is 4.53. The molecular formula is C18H26N2O3. The molecule has 1 heterocycles. The maximum Gasteiger partial charge on any atom is 0.224 e. The van der Waals surface area contributed by atoms with Crippen molar-refractivity contribution in [2.45, 2.75) is 58.0 Å². The van der Waals surface area contributed by atoms with Gasteiger partial charge in [-0.05, 0) is 44.2 Å². The van der Waals surface area contributed by atoms with Crippen LogP contribution in [0, 0.1) is 0 Å². The van der Waals surface area contributed by atoms with E-state index >= 15 is 0 Å². The number of carboxylic acids is 1. The number of hydrogen-bond donors (Lipinski definition) is 2. The molecule has 2 rings (SSSR count). The van der Waals surface area contributed by atoms with E-state index < -0.39 is 5.97 Å². The van der Waals surface area contributed by atoms with Crippen molar-refractivity contribution in [2.24, 2.45) is 0 Å². The first kappa shape index (κ1) is 17.5. The molecule has 1 aliphatic rings. The number of piperidine rings is 1. The van der Waals surface area contributed by atoms with E-state index in [4.69, 9.17) is 0 Å². The molecule has 2 atom stereocenters. The molecule has 1 fully saturated rings. The molecule has 1 aliphatic heterocycles. The highest BCUT2D eigenvalue weighted by molar-refractivity contribution is 5.92. The number of nitrogens with one attached hydrogen (secondary N) is 2. The van der Waals surface area contributed by atoms with Gasteiger partial charge in [-0.3, -0.25) is 4.79 Å². The van der Waals surface area contributed by atoms with Crippen LogP contribution < -0.4 is 15.3 Å². The molecular weight excluding hydrogens is 292 g/mol. The Balaban J connectivity index is 1.86. The van der Waals surface area contributed by atoms with Gasteiger partial charge in [-0.2, -0.15) is 0 Å². The zero-order valence-corrected chi connectivity index (χ0v) is 13.8. The van der Waals surface area contributed by atoms with Gasteiger partial charge in [-0.1, -0.05) is 19.1 Å². The Morgan fingerprint density at radius 2 is 1.96 bits per heavy atom. The first-order valence-corrected chi connectivity index (χ1v) is 8.51. The Hall–Kier alpha value is -1.88. The minimum absolute atomic E-state index is 0.0554. The number of carbonyl (C=O) groups excluding carboxylic acids is 2. The van der Waals surface area contributed by atoms with Crippen molar-refractivity contribution in [2.75, 3.05) is 11.9 Å². The minimum atomic E-state index is -1.20. The van der Waals surface area contributed by atoms with Crippen LogP contribution in [0.5, 0.6) is 0 Å². The van der Waals surface area contributed by atoms with Gasteiger partial charge in [0.15, 0.2) is 0 Å². The average Bonchev–Trinajstić information content (AvgIpc) is 2.55. The van der Waals surface area contributed by atoms with Crippen LogP contribution in [-0.2, 0) is 16.1 Å². The third-order valence-corrected chi connectivity index (χ3v) is 4.60. The van der Waals surface area contributed by atoms with E-state index in [1.165, 1.54) is 37.8 Å². The third-order valence-electron chi connectivity index (χ3n) is 4.60. The highest BCUT2D eigenvalue weighted by atomic mass is 16.4. The lowest BCUT2D eigenvalue weighted by Gasteiger charge is -2.32. The smallest absolute Gasteiger partial charge is 0.224 e. The van der Waals surface area contributed by atoms with Crippen LogP contribution in [0.4, 0.5) is 5.69 Å². The molecule has 0 radical (unpaired) electrons. The molecule has 0 aliphatic carbocycles. The molecule has 2 N–H and O–H groups in total. The van der Waals surface area contributed by atoms with E-state index in [-0.39, 0.29) is 18.7 Å². The van der Waals surface area contributed by atoms with Gasteiger partial charge >= 0.3 is 0 Å². The minimum Gasteiger partial charge on any atom is -0.550 e. The summed E-state index contributed by atoms with van der Waals surface area (Å²) in [7, 11) is 0. The van der Waals surface area contributed by atoms with Gasteiger partial charge in [0, 0.05) is 23.6 Å². The summed E-state index contributed by atoms with van der Waals surface area (Å²) in [6, 6.07) is 8.62. The van der Waals surface area contributed by atoms with Crippen LogP contribution in [0.25, 0.3) is 0 Å². The van der Waals surface area contributed by atoms with Gasteiger partial charge in [-0.25, -0.2) is 0 Å². The fraction of sp³-hybridized carbons (Fsp3) is 0.556. The molecule has 0 bridgehead atoms. The Kier molecular flexibility index (Phi) is 6.59. The number of anilines is 1. The first-order valence-electron chi connectivity index (χ1n) is 8.51. The van der Waals surface area contributed by atoms with Crippen LogP contribution in [0.15, 0.2) is 24.3 Å². The number of rotatable bonds is 7. The molecule has 0 spiro atoms. The topological polar surface area (TPSA) is 73.7 Å². The largest absolute Gasteiger partial charge is 0.550 e. The molecule has 1 aromatic rings. The quantitative estimate of drug-likeness (QED) is 0.769. The standard InChI is InChI=1S/C18H26N2O3/c1-2-16-5-3-4-12-20(16)13-14-6-8-15(9-7-14)19-17(21)10-11-18(22)23/h6-9,16H,2-5,10-13H2,1H3,(H,19,21)(H,22,23)/t16-/m0/s1. The maximum atomic E-state index is 11.6. The number of hydrogen-bond acceptors (Lipinski definition) is 3. The Morgan fingerprint density at radius 1 is 1.22 bits per heavy atom. The molecule has 1 saturated heterocycles. The summed E-state index contributed by atoms with van der Waals surface area (Å²) in [5, 5.41) is 13.1. The van der Waals surface area contributed by atoms with Crippen LogP contribution in [0.2, 0.25) is 0 Å². The van der Waals surface area contributed by atoms with Crippen molar-refractivity contribution >= 4 is 17.6 Å². The van der Waals surface area contributed by atoms with E-state index in [1.54, 1.807) is 4.90 Å². The Bertz CT molecular complexity index is 528. The number of carboxylic acid groups (broad SMARTS) is 1. The predicted octanol–water partition coefficient (Wildman–Crippen LogP) is 0.503. The number of likely N-dealkylation sites (tertiary alicyclic amines) is 1. The molecule has 1 amide bonds. The summed E-state index contributed by atoms with van der Waals surface area (Å²) in [4.78, 5) is 23.6. The Labute approximate surface area is 137 Å². The van der Waals surface area contributed by atoms with E-state index in [0.717, 1.165) is 12.6 Å². The number of quaternary nitrogens is 1. The van der Waals surface area contributed by atoms with Gasteiger partial charge < -0.3 is 20.1 Å². The van der Waals surface area contributed by atoms with Crippen molar-refractivity contribution in [3.05, 3.63) is 29.8 Å². The van der Waals surface area contributed by atoms with Gasteiger partial charge in [0.25, 0.3) is 0 Å². The van der Waals surface area contributed by atoms with Gasteiger partial charge in [0.05, 0.1) is 12.6 Å². The van der Waals surface area contributed by atoms with Crippen LogP contribution >= 0.6 is 0 Å². The van der Waals surface area contributed by atoms with Crippen LogP contribution in [0.3, 0.4) is 0 Å². The summed E-state index contributed by atoms with van der Waals surface area (Å²) in [6.07, 6.45) is 4.89. The van der Waals surface area contributed by atoms with Crippen LogP contribution in [-0.4, -0.2) is 24.5 Å². The highest BCUT2D eigenvalue weighted by Crippen LogP contribution is 2.11. The lowest BCUT2D eigenvalue weighted by Crippen LogP contribution is -3.15. The third kappa shape index (κ3) is 5.67. The number of carbonyl (C=O) groups is 2. The predicted molar refractivity (Wildman–Crippen MR) is 86.8 cm³/mol. The summed E-state index contributed by atoms with van der Waals surface area (Å²) < 4.78 is 0. The molecule has 23 heavy (non-hydrogen) atoms. The molecule has 0 aromatic heterocycles. The lowest BCUT2D eigenvalue weighted by atomic mass is 9.99. The van der Waals surface area contributed by atoms with Gasteiger partial charge in [-0.15, -0.1) is 0 Å². The van der Waals surface area contributed by atoms with E-state index in [9.17, 15) is 14.7 Å². The van der Waals surface area contributed by atoms with Crippen molar-refractivity contribution in [3.63, 3.8) is 0 Å². The number of amides is 1. The SMILES string of the molecule is CC[C@H]1CCCC[NH+]1Cc1ccc(NC(=O)CCC(=O)[O-])cc1. The van der Waals surface area contributed by atoms with Crippen molar-refractivity contribution in [1.29, 1.82) is 0 Å². The first-order chi connectivity index (χ1) is 11.1. The zero-order chi connectivity index (χ0) is 16.7. The normalized spacial score (nSPS) is 20.9. The zero-order valence-electron chi connectivity index (χ0n) is 13.8.